The Hall–Kier alpha value is -1.94. The lowest BCUT2D eigenvalue weighted by atomic mass is 10.3. The third kappa shape index (κ3) is 5.65. The van der Waals surface area contributed by atoms with Crippen molar-refractivity contribution in [3.63, 3.8) is 0 Å². The van der Waals surface area contributed by atoms with Gasteiger partial charge in [-0.2, -0.15) is 0 Å². The molecule has 0 unspecified atom stereocenters. The molecule has 0 fully saturated rings. The summed E-state index contributed by atoms with van der Waals surface area (Å²) in [5.74, 6) is -0.0396. The van der Waals surface area contributed by atoms with Gasteiger partial charge in [0, 0.05) is 22.2 Å². The van der Waals surface area contributed by atoms with Crippen molar-refractivity contribution in [2.45, 2.75) is 4.90 Å². The summed E-state index contributed by atoms with van der Waals surface area (Å²) in [4.78, 5) is 9.95. The van der Waals surface area contributed by atoms with Crippen molar-refractivity contribution in [2.75, 3.05) is 4.72 Å². The number of non-ortho nitro benzene ring substituents is 1. The van der Waals surface area contributed by atoms with Gasteiger partial charge in [0.25, 0.3) is 15.7 Å². The summed E-state index contributed by atoms with van der Waals surface area (Å²) in [7, 11) is -4.10. The van der Waals surface area contributed by atoms with Gasteiger partial charge >= 0.3 is 0 Å². The average molecular weight is 543 g/mol. The molecule has 3 aromatic rings. The molecule has 162 valence electrons. The molecular weight excluding hydrogens is 534 g/mol. The maximum Gasteiger partial charge on any atom is 0.271 e. The van der Waals surface area contributed by atoms with Crippen LogP contribution >= 0.6 is 58.0 Å². The summed E-state index contributed by atoms with van der Waals surface area (Å²) in [5, 5.41) is 11.0. The minimum Gasteiger partial charge on any atom is -0.453 e. The van der Waals surface area contributed by atoms with Gasteiger partial charge in [-0.15, -0.1) is 0 Å². The van der Waals surface area contributed by atoms with E-state index in [1.165, 1.54) is 30.3 Å². The number of sulfonamides is 1. The molecule has 31 heavy (non-hydrogen) atoms. The van der Waals surface area contributed by atoms with Gasteiger partial charge in [0.15, 0.2) is 5.75 Å². The first-order valence-electron chi connectivity index (χ1n) is 8.06. The van der Waals surface area contributed by atoms with E-state index in [1.807, 2.05) is 0 Å². The Labute approximate surface area is 201 Å². The first-order valence-corrected chi connectivity index (χ1v) is 11.4. The lowest BCUT2D eigenvalue weighted by molar-refractivity contribution is -0.384. The summed E-state index contributed by atoms with van der Waals surface area (Å²) in [6.07, 6.45) is 0. The molecule has 0 aliphatic heterocycles. The molecule has 0 saturated heterocycles. The fraction of sp³-hybridized carbons (Fsp3) is 0. The van der Waals surface area contributed by atoms with Gasteiger partial charge in [-0.05, 0) is 36.4 Å². The van der Waals surface area contributed by atoms with Crippen molar-refractivity contribution in [1.82, 2.24) is 0 Å². The molecule has 3 aromatic carbocycles. The summed E-state index contributed by atoms with van der Waals surface area (Å²) < 4.78 is 33.3. The normalized spacial score (nSPS) is 11.3. The smallest absolute Gasteiger partial charge is 0.271 e. The summed E-state index contributed by atoms with van der Waals surface area (Å²) in [6, 6.07) is 9.99. The van der Waals surface area contributed by atoms with E-state index in [2.05, 4.69) is 4.72 Å². The van der Waals surface area contributed by atoms with Gasteiger partial charge in [0.1, 0.15) is 5.75 Å². The van der Waals surface area contributed by atoms with Crippen LogP contribution in [-0.2, 0) is 10.0 Å². The fourth-order valence-corrected chi connectivity index (χ4v) is 4.94. The van der Waals surface area contributed by atoms with Crippen LogP contribution in [0.4, 0.5) is 11.4 Å². The summed E-state index contributed by atoms with van der Waals surface area (Å²) >= 11 is 30.1. The molecule has 0 heterocycles. The van der Waals surface area contributed by atoms with Crippen molar-refractivity contribution < 1.29 is 18.1 Å². The van der Waals surface area contributed by atoms with Crippen molar-refractivity contribution in [1.29, 1.82) is 0 Å². The van der Waals surface area contributed by atoms with Crippen molar-refractivity contribution in [2.24, 2.45) is 0 Å². The summed E-state index contributed by atoms with van der Waals surface area (Å²) in [5.41, 5.74) is -0.0917. The number of rotatable bonds is 6. The number of nitro benzene ring substituents is 1. The number of nitro groups is 1. The van der Waals surface area contributed by atoms with Gasteiger partial charge in [0.2, 0.25) is 0 Å². The van der Waals surface area contributed by atoms with E-state index in [4.69, 9.17) is 62.7 Å². The Bertz CT molecular complexity index is 1260. The van der Waals surface area contributed by atoms with Crippen LogP contribution in [0.5, 0.6) is 11.5 Å². The Balaban J connectivity index is 1.92. The van der Waals surface area contributed by atoms with E-state index in [0.717, 1.165) is 18.2 Å². The molecule has 0 aliphatic rings. The molecule has 13 heteroatoms. The van der Waals surface area contributed by atoms with E-state index in [-0.39, 0.29) is 52.9 Å². The summed E-state index contributed by atoms with van der Waals surface area (Å²) in [6.45, 7) is 0. The van der Waals surface area contributed by atoms with Crippen LogP contribution in [0.2, 0.25) is 25.1 Å². The van der Waals surface area contributed by atoms with E-state index >= 15 is 0 Å². The van der Waals surface area contributed by atoms with Crippen molar-refractivity contribution in [3.05, 3.63) is 83.8 Å². The highest BCUT2D eigenvalue weighted by atomic mass is 35.5. The average Bonchev–Trinajstić information content (AvgIpc) is 2.64. The third-order valence-corrected chi connectivity index (χ3v) is 6.39. The number of nitrogens with one attached hydrogen (secondary N) is 1. The van der Waals surface area contributed by atoms with E-state index in [1.54, 1.807) is 0 Å². The maximum absolute atomic E-state index is 12.7. The Morgan fingerprint density at radius 2 is 1.42 bits per heavy atom. The Kier molecular flexibility index (Phi) is 7.10. The van der Waals surface area contributed by atoms with Crippen molar-refractivity contribution >= 4 is 79.4 Å². The lowest BCUT2D eigenvalue weighted by Gasteiger charge is -2.14. The van der Waals surface area contributed by atoms with Gasteiger partial charge in [-0.1, -0.05) is 58.0 Å². The second-order valence-corrected chi connectivity index (χ2v) is 9.73. The second kappa shape index (κ2) is 9.28. The molecule has 0 aliphatic carbocycles. The predicted octanol–water partition coefficient (Wildman–Crippen LogP) is 7.45. The molecule has 0 bridgehead atoms. The first kappa shape index (κ1) is 23.7. The first-order chi connectivity index (χ1) is 14.5. The minimum absolute atomic E-state index is 0.0402. The SMILES string of the molecule is O=[N+]([O-])c1ccc(Oc2c(Cl)cc(S(=O)(=O)Nc3cc(Cl)cc(Cl)c3)cc2Cl)c(Cl)c1. The topological polar surface area (TPSA) is 98.5 Å². The number of nitrogens with zero attached hydrogens (tertiary/aromatic N) is 1. The monoisotopic (exact) mass is 540 g/mol. The quantitative estimate of drug-likeness (QED) is 0.258. The second-order valence-electron chi connectivity index (χ2n) is 5.95. The zero-order valence-corrected chi connectivity index (χ0v) is 19.5. The van der Waals surface area contributed by atoms with Crippen LogP contribution in [0.15, 0.2) is 53.4 Å². The Morgan fingerprint density at radius 1 is 0.839 bits per heavy atom. The van der Waals surface area contributed by atoms with Gasteiger partial charge in [-0.3, -0.25) is 14.8 Å². The van der Waals surface area contributed by atoms with Crippen molar-refractivity contribution in [3.8, 4) is 11.5 Å². The predicted molar refractivity (Wildman–Crippen MR) is 122 cm³/mol. The van der Waals surface area contributed by atoms with Gasteiger partial charge in [0.05, 0.1) is 30.6 Å². The van der Waals surface area contributed by atoms with E-state index in [9.17, 15) is 18.5 Å². The van der Waals surface area contributed by atoms with Crippen LogP contribution in [0.3, 0.4) is 0 Å². The van der Waals surface area contributed by atoms with Gasteiger partial charge < -0.3 is 4.74 Å². The molecule has 0 atom stereocenters. The number of anilines is 1. The van der Waals surface area contributed by atoms with Crippen LogP contribution in [0.25, 0.3) is 0 Å². The fourth-order valence-electron chi connectivity index (χ4n) is 2.41. The molecule has 0 radical (unpaired) electrons. The van der Waals surface area contributed by atoms with Crippen LogP contribution in [0.1, 0.15) is 0 Å². The highest BCUT2D eigenvalue weighted by molar-refractivity contribution is 7.92. The molecule has 3 rings (SSSR count). The number of benzene rings is 3. The number of hydrogen-bond donors (Lipinski definition) is 1. The van der Waals surface area contributed by atoms with E-state index in [0.29, 0.717) is 0 Å². The number of ether oxygens (including phenoxy) is 1. The lowest BCUT2D eigenvalue weighted by Crippen LogP contribution is -2.13. The third-order valence-electron chi connectivity index (χ3n) is 3.74. The van der Waals surface area contributed by atoms with Crippen LogP contribution in [-0.4, -0.2) is 13.3 Å². The molecular formula is C18H9Cl5N2O5S. The van der Waals surface area contributed by atoms with Crippen LogP contribution in [0, 0.1) is 10.1 Å². The number of hydrogen-bond acceptors (Lipinski definition) is 5. The molecule has 1 N–H and O–H groups in total. The Morgan fingerprint density at radius 3 is 1.94 bits per heavy atom. The van der Waals surface area contributed by atoms with E-state index < -0.39 is 14.9 Å². The zero-order chi connectivity index (χ0) is 22.9. The highest BCUT2D eigenvalue weighted by Crippen LogP contribution is 2.41. The number of halogens is 5. The standard InChI is InChI=1S/C18H9Cl5N2O5S/c19-9-3-10(20)5-11(4-9)24-31(28,29)13-7-15(22)18(16(23)8-13)30-17-2-1-12(25(26)27)6-14(17)21/h1-8,24H. The van der Waals surface area contributed by atoms with Gasteiger partial charge in [-0.25, -0.2) is 8.42 Å². The maximum atomic E-state index is 12.7. The highest BCUT2D eigenvalue weighted by Gasteiger charge is 2.21. The molecule has 0 saturated carbocycles. The van der Waals surface area contributed by atoms with Crippen LogP contribution < -0.4 is 9.46 Å². The molecule has 0 spiro atoms. The zero-order valence-electron chi connectivity index (χ0n) is 14.9. The molecule has 7 nitrogen and oxygen atoms in total. The molecule has 0 aromatic heterocycles. The largest absolute Gasteiger partial charge is 0.453 e. The minimum atomic E-state index is -4.10. The molecule has 0 amide bonds.